The molecule has 148 valence electrons. The zero-order chi connectivity index (χ0) is 18.5. The van der Waals surface area contributed by atoms with Crippen molar-refractivity contribution in [2.24, 2.45) is 5.41 Å². The molecule has 0 bridgehead atoms. The number of ether oxygens (including phenoxy) is 3. The summed E-state index contributed by atoms with van der Waals surface area (Å²) in [6, 6.07) is 5.90. The Morgan fingerprint density at radius 3 is 2.70 bits per heavy atom. The van der Waals surface area contributed by atoms with Crippen molar-refractivity contribution in [2.75, 3.05) is 46.2 Å². The highest BCUT2D eigenvalue weighted by molar-refractivity contribution is 5.76. The number of amides is 1. The summed E-state index contributed by atoms with van der Waals surface area (Å²) < 4.78 is 16.3. The molecule has 6 nitrogen and oxygen atoms in total. The van der Waals surface area contributed by atoms with Gasteiger partial charge in [-0.3, -0.25) is 4.79 Å². The summed E-state index contributed by atoms with van der Waals surface area (Å²) in [4.78, 5) is 15.0. The van der Waals surface area contributed by atoms with E-state index in [2.05, 4.69) is 10.2 Å². The van der Waals surface area contributed by atoms with E-state index in [1.807, 2.05) is 18.2 Å². The van der Waals surface area contributed by atoms with E-state index in [4.69, 9.17) is 14.2 Å². The molecule has 3 heterocycles. The molecule has 0 aromatic heterocycles. The van der Waals surface area contributed by atoms with Gasteiger partial charge in [0.25, 0.3) is 0 Å². The molecule has 2 fully saturated rings. The van der Waals surface area contributed by atoms with Crippen LogP contribution < -0.4 is 14.8 Å². The van der Waals surface area contributed by atoms with Crippen LogP contribution in [0, 0.1) is 5.41 Å². The number of hydrogen-bond donors (Lipinski definition) is 1. The highest BCUT2D eigenvalue weighted by atomic mass is 16.7. The van der Waals surface area contributed by atoms with Crippen LogP contribution in [0.5, 0.6) is 11.5 Å². The van der Waals surface area contributed by atoms with Crippen molar-refractivity contribution in [3.8, 4) is 11.5 Å². The van der Waals surface area contributed by atoms with Gasteiger partial charge in [-0.05, 0) is 62.9 Å². The fraction of sp³-hybridized carbons (Fsp3) is 0.667. The topological polar surface area (TPSA) is 60.0 Å². The fourth-order valence-electron chi connectivity index (χ4n) is 4.34. The number of likely N-dealkylation sites (tertiary alicyclic amines) is 1. The Labute approximate surface area is 161 Å². The first kappa shape index (κ1) is 18.6. The van der Waals surface area contributed by atoms with Crippen LogP contribution >= 0.6 is 0 Å². The van der Waals surface area contributed by atoms with E-state index < -0.39 is 0 Å². The van der Waals surface area contributed by atoms with Gasteiger partial charge in [0.15, 0.2) is 11.5 Å². The van der Waals surface area contributed by atoms with Crippen LogP contribution in [0.1, 0.15) is 37.7 Å². The minimum absolute atomic E-state index is 0.125. The van der Waals surface area contributed by atoms with E-state index in [-0.39, 0.29) is 18.1 Å². The van der Waals surface area contributed by atoms with Gasteiger partial charge in [0.1, 0.15) is 0 Å². The lowest BCUT2D eigenvalue weighted by Crippen LogP contribution is -2.48. The van der Waals surface area contributed by atoms with E-state index in [1.165, 1.54) is 25.9 Å². The van der Waals surface area contributed by atoms with Crippen molar-refractivity contribution in [1.82, 2.24) is 10.2 Å². The molecule has 2 saturated heterocycles. The largest absolute Gasteiger partial charge is 0.454 e. The highest BCUT2D eigenvalue weighted by Gasteiger charge is 2.35. The molecule has 3 aliphatic heterocycles. The SMILES string of the molecule is O=C(CCc1ccc2c(c1)OCO2)NCC1(CN2CCCC2)CCOCC1. The van der Waals surface area contributed by atoms with E-state index in [0.717, 1.165) is 56.2 Å². The lowest BCUT2D eigenvalue weighted by molar-refractivity contribution is -0.122. The summed E-state index contributed by atoms with van der Waals surface area (Å²) in [6.45, 7) is 6.12. The number of hydrogen-bond acceptors (Lipinski definition) is 5. The molecule has 0 radical (unpaired) electrons. The molecule has 1 aromatic carbocycles. The number of rotatable bonds is 7. The first-order chi connectivity index (χ1) is 13.2. The van der Waals surface area contributed by atoms with Crippen LogP contribution in [0.15, 0.2) is 18.2 Å². The minimum Gasteiger partial charge on any atom is -0.454 e. The second-order valence-electron chi connectivity index (χ2n) is 8.06. The molecule has 1 N–H and O–H groups in total. The molecular weight excluding hydrogens is 344 g/mol. The summed E-state index contributed by atoms with van der Waals surface area (Å²) in [5.74, 6) is 1.69. The number of aryl methyl sites for hydroxylation is 1. The van der Waals surface area contributed by atoms with Crippen molar-refractivity contribution in [3.63, 3.8) is 0 Å². The second-order valence-corrected chi connectivity index (χ2v) is 8.06. The highest BCUT2D eigenvalue weighted by Crippen LogP contribution is 2.33. The van der Waals surface area contributed by atoms with Crippen LogP contribution in [0.3, 0.4) is 0 Å². The van der Waals surface area contributed by atoms with Gasteiger partial charge in [-0.15, -0.1) is 0 Å². The quantitative estimate of drug-likeness (QED) is 0.794. The first-order valence-electron chi connectivity index (χ1n) is 10.2. The van der Waals surface area contributed by atoms with Crippen LogP contribution in [0.2, 0.25) is 0 Å². The number of nitrogens with zero attached hydrogens (tertiary/aromatic N) is 1. The maximum absolute atomic E-state index is 12.5. The van der Waals surface area contributed by atoms with E-state index in [9.17, 15) is 4.79 Å². The normalized spacial score (nSPS) is 21.3. The lowest BCUT2D eigenvalue weighted by Gasteiger charge is -2.40. The van der Waals surface area contributed by atoms with Crippen molar-refractivity contribution in [1.29, 1.82) is 0 Å². The zero-order valence-corrected chi connectivity index (χ0v) is 16.0. The number of carbonyl (C=O) groups is 1. The fourth-order valence-corrected chi connectivity index (χ4v) is 4.34. The molecule has 0 spiro atoms. The predicted octanol–water partition coefficient (Wildman–Crippen LogP) is 2.36. The molecule has 0 atom stereocenters. The Bertz CT molecular complexity index is 652. The third-order valence-corrected chi connectivity index (χ3v) is 6.05. The Balaban J connectivity index is 1.27. The van der Waals surface area contributed by atoms with Gasteiger partial charge in [-0.1, -0.05) is 6.07 Å². The predicted molar refractivity (Wildman–Crippen MR) is 102 cm³/mol. The second kappa shape index (κ2) is 8.48. The number of nitrogens with one attached hydrogen (secondary N) is 1. The maximum Gasteiger partial charge on any atom is 0.231 e. The zero-order valence-electron chi connectivity index (χ0n) is 16.0. The van der Waals surface area contributed by atoms with Gasteiger partial charge < -0.3 is 24.4 Å². The summed E-state index contributed by atoms with van der Waals surface area (Å²) in [6.07, 6.45) is 5.88. The van der Waals surface area contributed by atoms with Crippen LogP contribution in [-0.2, 0) is 16.0 Å². The molecule has 0 aliphatic carbocycles. The van der Waals surface area contributed by atoms with Crippen LogP contribution in [0.4, 0.5) is 0 Å². The summed E-state index contributed by atoms with van der Waals surface area (Å²) in [5, 5.41) is 3.21. The average Bonchev–Trinajstić information content (AvgIpc) is 3.37. The third kappa shape index (κ3) is 4.74. The minimum atomic E-state index is 0.125. The van der Waals surface area contributed by atoms with Crippen molar-refractivity contribution in [2.45, 2.75) is 38.5 Å². The van der Waals surface area contributed by atoms with Gasteiger partial charge in [0.05, 0.1) is 0 Å². The molecule has 1 amide bonds. The number of fused-ring (bicyclic) bond motifs is 1. The standard InChI is InChI=1S/C21H30N2O4/c24-20(6-4-17-3-5-18-19(13-17)27-16-26-18)22-14-21(7-11-25-12-8-21)15-23-9-1-2-10-23/h3,5,13H,1-2,4,6-12,14-16H2,(H,22,24). The van der Waals surface area contributed by atoms with Gasteiger partial charge in [-0.2, -0.15) is 0 Å². The number of carbonyl (C=O) groups excluding carboxylic acids is 1. The van der Waals surface area contributed by atoms with E-state index in [1.54, 1.807) is 0 Å². The third-order valence-electron chi connectivity index (χ3n) is 6.05. The van der Waals surface area contributed by atoms with Gasteiger partial charge in [-0.25, -0.2) is 0 Å². The van der Waals surface area contributed by atoms with Gasteiger partial charge >= 0.3 is 0 Å². The summed E-state index contributed by atoms with van der Waals surface area (Å²) in [5.41, 5.74) is 1.27. The van der Waals surface area contributed by atoms with Crippen LogP contribution in [-0.4, -0.2) is 57.0 Å². The average molecular weight is 374 g/mol. The van der Waals surface area contributed by atoms with Crippen molar-refractivity contribution in [3.05, 3.63) is 23.8 Å². The monoisotopic (exact) mass is 374 g/mol. The molecule has 0 saturated carbocycles. The molecule has 27 heavy (non-hydrogen) atoms. The van der Waals surface area contributed by atoms with Gasteiger partial charge in [0, 0.05) is 38.1 Å². The molecule has 6 heteroatoms. The molecular formula is C21H30N2O4. The molecule has 0 unspecified atom stereocenters. The van der Waals surface area contributed by atoms with Gasteiger partial charge in [0.2, 0.25) is 12.7 Å². The summed E-state index contributed by atoms with van der Waals surface area (Å²) in [7, 11) is 0. The smallest absolute Gasteiger partial charge is 0.231 e. The summed E-state index contributed by atoms with van der Waals surface area (Å²) >= 11 is 0. The van der Waals surface area contributed by atoms with E-state index in [0.29, 0.717) is 12.8 Å². The maximum atomic E-state index is 12.5. The Morgan fingerprint density at radius 1 is 1.11 bits per heavy atom. The lowest BCUT2D eigenvalue weighted by atomic mass is 9.79. The Morgan fingerprint density at radius 2 is 1.89 bits per heavy atom. The first-order valence-corrected chi connectivity index (χ1v) is 10.2. The van der Waals surface area contributed by atoms with Crippen LogP contribution in [0.25, 0.3) is 0 Å². The Hall–Kier alpha value is -1.79. The molecule has 4 rings (SSSR count). The Kier molecular flexibility index (Phi) is 5.83. The molecule has 3 aliphatic rings. The molecule has 1 aromatic rings. The van der Waals surface area contributed by atoms with Crippen molar-refractivity contribution >= 4 is 5.91 Å². The van der Waals surface area contributed by atoms with Crippen molar-refractivity contribution < 1.29 is 19.0 Å². The van der Waals surface area contributed by atoms with E-state index >= 15 is 0 Å². The number of benzene rings is 1.